The van der Waals surface area contributed by atoms with Crippen LogP contribution >= 0.6 is 12.2 Å². The Bertz CT molecular complexity index is 317. The second-order valence-corrected chi connectivity index (χ2v) is 2.63. The lowest BCUT2D eigenvalue weighted by molar-refractivity contribution is 0.112. The van der Waals surface area contributed by atoms with Gasteiger partial charge in [-0.2, -0.15) is 0 Å². The summed E-state index contributed by atoms with van der Waals surface area (Å²) in [4.78, 5) is 10.1. The molecule has 0 amide bonds. The highest BCUT2D eigenvalue weighted by Gasteiger charge is 1.93. The van der Waals surface area contributed by atoms with E-state index in [2.05, 4.69) is 18.1 Å². The van der Waals surface area contributed by atoms with Gasteiger partial charge in [-0.1, -0.05) is 12.1 Å². The standard InChI is InChI=1S/C7H6O2.CH5N3S/c8-5-6-3-1-2-4-7(6)9;2-1(5)4-3/h1-5,9H;3H2,(H3,2,4,5). The van der Waals surface area contributed by atoms with Gasteiger partial charge in [0.15, 0.2) is 11.4 Å². The maximum absolute atomic E-state index is 10.1. The Balaban J connectivity index is 0.000000292. The minimum Gasteiger partial charge on any atom is -0.507 e. The fraction of sp³-hybridized carbons (Fsp3) is 0. The van der Waals surface area contributed by atoms with E-state index in [4.69, 9.17) is 10.8 Å². The van der Waals surface area contributed by atoms with E-state index >= 15 is 0 Å². The van der Waals surface area contributed by atoms with Crippen molar-refractivity contribution in [1.82, 2.24) is 5.43 Å². The molecule has 0 saturated heterocycles. The van der Waals surface area contributed by atoms with Gasteiger partial charge in [-0.05, 0) is 24.4 Å². The van der Waals surface area contributed by atoms with E-state index < -0.39 is 0 Å². The van der Waals surface area contributed by atoms with Crippen molar-refractivity contribution in [2.24, 2.45) is 11.6 Å². The number of aldehydes is 1. The Hall–Kier alpha value is -1.66. The van der Waals surface area contributed by atoms with Gasteiger partial charge < -0.3 is 16.3 Å². The Labute approximate surface area is 86.7 Å². The van der Waals surface area contributed by atoms with Crippen LogP contribution in [0, 0.1) is 0 Å². The molecule has 1 rings (SSSR count). The number of phenolic OH excluding ortho intramolecular Hbond substituents is 1. The summed E-state index contributed by atoms with van der Waals surface area (Å²) < 4.78 is 0. The van der Waals surface area contributed by atoms with Gasteiger partial charge >= 0.3 is 0 Å². The number of carbonyl (C=O) groups excluding carboxylic acids is 1. The average molecular weight is 213 g/mol. The number of benzene rings is 1. The molecule has 0 atom stereocenters. The summed E-state index contributed by atoms with van der Waals surface area (Å²) in [5.41, 5.74) is 7.16. The van der Waals surface area contributed by atoms with Crippen LogP contribution in [0.3, 0.4) is 0 Å². The molecule has 76 valence electrons. The highest BCUT2D eigenvalue weighted by molar-refractivity contribution is 7.80. The van der Waals surface area contributed by atoms with E-state index in [1.54, 1.807) is 18.2 Å². The minimum absolute atomic E-state index is 0.0347. The molecule has 0 spiro atoms. The Morgan fingerprint density at radius 3 is 2.29 bits per heavy atom. The third-order valence-corrected chi connectivity index (χ3v) is 1.32. The van der Waals surface area contributed by atoms with Crippen LogP contribution in [0.15, 0.2) is 24.3 Å². The maximum atomic E-state index is 10.1. The lowest BCUT2D eigenvalue weighted by Gasteiger charge is -1.91. The van der Waals surface area contributed by atoms with Crippen molar-refractivity contribution >= 4 is 23.6 Å². The van der Waals surface area contributed by atoms with Crippen LogP contribution in [-0.4, -0.2) is 16.5 Å². The lowest BCUT2D eigenvalue weighted by atomic mass is 10.2. The predicted molar refractivity (Wildman–Crippen MR) is 57.6 cm³/mol. The number of nitrogens with one attached hydrogen (secondary N) is 1. The second-order valence-electron chi connectivity index (χ2n) is 2.19. The zero-order chi connectivity index (χ0) is 11.0. The fourth-order valence-electron chi connectivity index (χ4n) is 0.587. The quantitative estimate of drug-likeness (QED) is 0.225. The van der Waals surface area contributed by atoms with Crippen molar-refractivity contribution in [3.8, 4) is 5.75 Å². The summed E-state index contributed by atoms with van der Waals surface area (Å²) in [5.74, 6) is 4.69. The number of hydrogen-bond donors (Lipinski definition) is 4. The molecule has 0 aliphatic carbocycles. The van der Waals surface area contributed by atoms with Crippen molar-refractivity contribution in [3.63, 3.8) is 0 Å². The summed E-state index contributed by atoms with van der Waals surface area (Å²) in [6.45, 7) is 0. The molecule has 0 fully saturated rings. The summed E-state index contributed by atoms with van der Waals surface area (Å²) in [5, 5.41) is 8.99. The van der Waals surface area contributed by atoms with Crippen molar-refractivity contribution in [2.75, 3.05) is 0 Å². The van der Waals surface area contributed by atoms with E-state index in [1.807, 2.05) is 5.43 Å². The number of carbonyl (C=O) groups is 1. The number of hydrazine groups is 1. The number of rotatable bonds is 1. The van der Waals surface area contributed by atoms with Crippen molar-refractivity contribution < 1.29 is 9.90 Å². The van der Waals surface area contributed by atoms with Gasteiger partial charge in [0, 0.05) is 0 Å². The molecule has 0 bridgehead atoms. The molecule has 6 N–H and O–H groups in total. The largest absolute Gasteiger partial charge is 0.507 e. The summed E-state index contributed by atoms with van der Waals surface area (Å²) in [6, 6.07) is 6.40. The number of aromatic hydroxyl groups is 1. The number of para-hydroxylation sites is 1. The van der Waals surface area contributed by atoms with Gasteiger partial charge in [0.05, 0.1) is 5.56 Å². The Morgan fingerprint density at radius 1 is 1.50 bits per heavy atom. The summed E-state index contributed by atoms with van der Waals surface area (Å²) in [6.07, 6.45) is 0.620. The monoisotopic (exact) mass is 213 g/mol. The van der Waals surface area contributed by atoms with Crippen LogP contribution in [0.25, 0.3) is 0 Å². The normalized spacial score (nSPS) is 8.07. The molecule has 0 heterocycles. The molecule has 5 nitrogen and oxygen atoms in total. The molecular formula is C8H11N3O2S. The highest BCUT2D eigenvalue weighted by atomic mass is 32.1. The summed E-state index contributed by atoms with van der Waals surface area (Å²) in [7, 11) is 0. The van der Waals surface area contributed by atoms with Crippen LogP contribution in [0.1, 0.15) is 10.4 Å². The molecule has 1 aromatic rings. The van der Waals surface area contributed by atoms with E-state index in [0.717, 1.165) is 0 Å². The summed E-state index contributed by atoms with van der Waals surface area (Å²) >= 11 is 4.24. The van der Waals surface area contributed by atoms with Gasteiger partial charge in [0.1, 0.15) is 5.75 Å². The van der Waals surface area contributed by atoms with Gasteiger partial charge in [-0.3, -0.25) is 4.79 Å². The first kappa shape index (κ1) is 12.3. The molecular weight excluding hydrogens is 202 g/mol. The van der Waals surface area contributed by atoms with Gasteiger partial charge in [0.25, 0.3) is 0 Å². The first-order valence-corrected chi connectivity index (χ1v) is 4.02. The van der Waals surface area contributed by atoms with Crippen LogP contribution in [0.2, 0.25) is 0 Å². The van der Waals surface area contributed by atoms with Crippen LogP contribution < -0.4 is 17.0 Å². The van der Waals surface area contributed by atoms with Crippen LogP contribution in [0.5, 0.6) is 5.75 Å². The number of nitrogens with two attached hydrogens (primary N) is 2. The highest BCUT2D eigenvalue weighted by Crippen LogP contribution is 2.11. The van der Waals surface area contributed by atoms with E-state index in [1.165, 1.54) is 6.07 Å². The Morgan fingerprint density at radius 2 is 2.00 bits per heavy atom. The number of hydrogen-bond acceptors (Lipinski definition) is 4. The molecule has 0 saturated carbocycles. The van der Waals surface area contributed by atoms with Gasteiger partial charge in [-0.15, -0.1) is 0 Å². The van der Waals surface area contributed by atoms with E-state index in [0.29, 0.717) is 11.8 Å². The molecule has 0 aromatic heterocycles. The molecule has 6 heteroatoms. The molecule has 0 aliphatic rings. The van der Waals surface area contributed by atoms with Gasteiger partial charge in [0.2, 0.25) is 0 Å². The smallest absolute Gasteiger partial charge is 0.177 e. The number of thiocarbonyl (C=S) groups is 1. The van der Waals surface area contributed by atoms with Crippen molar-refractivity contribution in [2.45, 2.75) is 0 Å². The lowest BCUT2D eigenvalue weighted by Crippen LogP contribution is -2.34. The molecule has 0 aliphatic heterocycles. The van der Waals surface area contributed by atoms with Crippen LogP contribution in [-0.2, 0) is 0 Å². The average Bonchev–Trinajstić information content (AvgIpc) is 2.19. The zero-order valence-electron chi connectivity index (χ0n) is 7.31. The minimum atomic E-state index is 0.0347. The zero-order valence-corrected chi connectivity index (χ0v) is 8.12. The maximum Gasteiger partial charge on any atom is 0.177 e. The predicted octanol–water partition coefficient (Wildman–Crippen LogP) is -0.102. The SMILES string of the molecule is NNC(N)=S.O=Cc1ccccc1O. The van der Waals surface area contributed by atoms with E-state index in [9.17, 15) is 4.79 Å². The van der Waals surface area contributed by atoms with Crippen molar-refractivity contribution in [1.29, 1.82) is 0 Å². The molecule has 1 aromatic carbocycles. The first-order valence-electron chi connectivity index (χ1n) is 3.61. The molecule has 0 unspecified atom stereocenters. The third-order valence-electron chi connectivity index (χ3n) is 1.21. The second kappa shape index (κ2) is 6.81. The van der Waals surface area contributed by atoms with Crippen LogP contribution in [0.4, 0.5) is 0 Å². The van der Waals surface area contributed by atoms with E-state index in [-0.39, 0.29) is 10.9 Å². The fourth-order valence-corrected chi connectivity index (χ4v) is 0.587. The number of phenols is 1. The topological polar surface area (TPSA) is 101 Å². The first-order chi connectivity index (χ1) is 6.61. The molecule has 14 heavy (non-hydrogen) atoms. The third kappa shape index (κ3) is 5.07. The molecule has 0 radical (unpaired) electrons. The van der Waals surface area contributed by atoms with Crippen molar-refractivity contribution in [3.05, 3.63) is 29.8 Å². The van der Waals surface area contributed by atoms with Gasteiger partial charge in [-0.25, -0.2) is 5.84 Å². The Kier molecular flexibility index (Phi) is 6.01.